The maximum atomic E-state index is 10.2. The maximum absolute atomic E-state index is 10.2. The third-order valence-electron chi connectivity index (χ3n) is 4.89. The zero-order valence-electron chi connectivity index (χ0n) is 16.3. The monoisotopic (exact) mass is 346 g/mol. The zero-order valence-corrected chi connectivity index (χ0v) is 16.3. The first kappa shape index (κ1) is 21.7. The molecule has 0 bridgehead atoms. The van der Waals surface area contributed by atoms with Gasteiger partial charge in [0, 0.05) is 18.9 Å². The summed E-state index contributed by atoms with van der Waals surface area (Å²) in [5, 5.41) is 2.79. The van der Waals surface area contributed by atoms with Crippen LogP contribution in [-0.2, 0) is 0 Å². The van der Waals surface area contributed by atoms with E-state index in [1.807, 2.05) is 24.6 Å². The van der Waals surface area contributed by atoms with Crippen LogP contribution in [0, 0.1) is 4.91 Å². The van der Waals surface area contributed by atoms with Gasteiger partial charge in [-0.1, -0.05) is 90.4 Å². The van der Waals surface area contributed by atoms with Crippen LogP contribution < -0.4 is 0 Å². The van der Waals surface area contributed by atoms with Crippen molar-refractivity contribution in [2.45, 2.75) is 96.8 Å². The highest BCUT2D eigenvalue weighted by molar-refractivity contribution is 5.33. The van der Waals surface area contributed by atoms with Crippen molar-refractivity contribution in [2.24, 2.45) is 5.18 Å². The highest BCUT2D eigenvalue weighted by Gasteiger charge is 2.00. The van der Waals surface area contributed by atoms with Crippen LogP contribution in [0.2, 0.25) is 0 Å². The van der Waals surface area contributed by atoms with E-state index in [4.69, 9.17) is 0 Å². The van der Waals surface area contributed by atoms with Gasteiger partial charge in [-0.25, -0.2) is 0 Å². The van der Waals surface area contributed by atoms with Crippen LogP contribution in [0.15, 0.2) is 41.5 Å². The third-order valence-corrected chi connectivity index (χ3v) is 4.89. The summed E-state index contributed by atoms with van der Waals surface area (Å²) in [5.41, 5.74) is 0.868. The van der Waals surface area contributed by atoms with Crippen molar-refractivity contribution in [3.8, 4) is 0 Å². The second-order valence-electron chi connectivity index (χ2n) is 7.20. The lowest BCUT2D eigenvalue weighted by molar-refractivity contribution is 0.461. The van der Waals surface area contributed by atoms with E-state index in [-0.39, 0.29) is 0 Å². The molecule has 1 aliphatic rings. The van der Waals surface area contributed by atoms with Crippen molar-refractivity contribution in [1.82, 2.24) is 4.90 Å². The first-order chi connectivity index (χ1) is 12.4. The Morgan fingerprint density at radius 3 is 1.64 bits per heavy atom. The number of nitrogens with zero attached hydrogens (tertiary/aromatic N) is 2. The predicted octanol–water partition coefficient (Wildman–Crippen LogP) is 7.46. The Kier molecular flexibility index (Phi) is 14.0. The normalized spacial score (nSPS) is 13.5. The lowest BCUT2D eigenvalue weighted by Gasteiger charge is -2.18. The predicted molar refractivity (Wildman–Crippen MR) is 109 cm³/mol. The molecule has 0 aromatic heterocycles. The minimum Gasteiger partial charge on any atom is -0.354 e. The van der Waals surface area contributed by atoms with E-state index < -0.39 is 0 Å². The van der Waals surface area contributed by atoms with Crippen LogP contribution in [0.3, 0.4) is 0 Å². The minimum atomic E-state index is 0.868. The minimum absolute atomic E-state index is 0.868. The van der Waals surface area contributed by atoms with Gasteiger partial charge in [-0.15, -0.1) is 4.91 Å². The van der Waals surface area contributed by atoms with Crippen LogP contribution in [0.25, 0.3) is 0 Å². The number of unbranched alkanes of at least 4 members (excludes halogenated alkanes) is 13. The Bertz CT molecular complexity index is 396. The van der Waals surface area contributed by atoms with Gasteiger partial charge >= 0.3 is 0 Å². The molecule has 0 saturated heterocycles. The SMILES string of the molecule is CCCCCCCCCCCCCCCCN1C=CC(=CN=O)C=C1. The molecule has 142 valence electrons. The van der Waals surface area contributed by atoms with E-state index in [1.165, 1.54) is 96.1 Å². The average molecular weight is 347 g/mol. The summed E-state index contributed by atoms with van der Waals surface area (Å²) >= 11 is 0. The smallest absolute Gasteiger partial charge is 0.0788 e. The Balaban J connectivity index is 1.81. The summed E-state index contributed by atoms with van der Waals surface area (Å²) < 4.78 is 0. The molecular weight excluding hydrogens is 308 g/mol. The van der Waals surface area contributed by atoms with Crippen LogP contribution in [0.1, 0.15) is 96.8 Å². The topological polar surface area (TPSA) is 32.7 Å². The van der Waals surface area contributed by atoms with E-state index in [2.05, 4.69) is 17.0 Å². The van der Waals surface area contributed by atoms with Crippen molar-refractivity contribution < 1.29 is 0 Å². The molecule has 0 atom stereocenters. The molecule has 0 saturated carbocycles. The van der Waals surface area contributed by atoms with Crippen LogP contribution in [0.4, 0.5) is 0 Å². The van der Waals surface area contributed by atoms with Crippen molar-refractivity contribution in [2.75, 3.05) is 6.54 Å². The van der Waals surface area contributed by atoms with Gasteiger partial charge in [-0.2, -0.15) is 0 Å². The van der Waals surface area contributed by atoms with Crippen LogP contribution in [-0.4, -0.2) is 11.4 Å². The molecule has 0 aromatic rings. The Hall–Kier alpha value is -1.38. The lowest BCUT2D eigenvalue weighted by Crippen LogP contribution is -2.13. The largest absolute Gasteiger partial charge is 0.354 e. The molecule has 0 unspecified atom stereocenters. The molecule has 3 heteroatoms. The molecule has 0 amide bonds. The third kappa shape index (κ3) is 12.6. The number of nitroso groups, excluding NO2 is 1. The number of hydrogen-bond acceptors (Lipinski definition) is 3. The number of rotatable bonds is 16. The summed E-state index contributed by atoms with van der Waals surface area (Å²) in [7, 11) is 0. The van der Waals surface area contributed by atoms with Crippen molar-refractivity contribution in [1.29, 1.82) is 0 Å². The van der Waals surface area contributed by atoms with E-state index in [0.29, 0.717) is 0 Å². The maximum Gasteiger partial charge on any atom is 0.0788 e. The summed E-state index contributed by atoms with van der Waals surface area (Å²) in [6, 6.07) is 0. The summed E-state index contributed by atoms with van der Waals surface area (Å²) in [5.74, 6) is 0. The lowest BCUT2D eigenvalue weighted by atomic mass is 10.0. The standard InChI is InChI=1S/C22H38N2O/c1-2-3-4-5-6-7-8-9-10-11-12-13-14-15-18-24-19-16-22(17-20-24)21-23-25/h16-17,19-21H,2-15,18H2,1H3. The van der Waals surface area contributed by atoms with Crippen molar-refractivity contribution >= 4 is 0 Å². The van der Waals surface area contributed by atoms with Gasteiger partial charge in [0.15, 0.2) is 0 Å². The van der Waals surface area contributed by atoms with Crippen molar-refractivity contribution in [3.05, 3.63) is 41.2 Å². The number of hydrogen-bond donors (Lipinski definition) is 0. The van der Waals surface area contributed by atoms with Gasteiger partial charge in [0.2, 0.25) is 0 Å². The van der Waals surface area contributed by atoms with Gasteiger partial charge in [0.25, 0.3) is 0 Å². The Morgan fingerprint density at radius 2 is 1.20 bits per heavy atom. The second kappa shape index (κ2) is 16.1. The fourth-order valence-electron chi connectivity index (χ4n) is 3.25. The molecule has 0 radical (unpaired) electrons. The molecule has 0 aromatic carbocycles. The van der Waals surface area contributed by atoms with E-state index in [0.717, 1.165) is 12.1 Å². The average Bonchev–Trinajstić information content (AvgIpc) is 2.63. The number of allylic oxidation sites excluding steroid dienone is 3. The van der Waals surface area contributed by atoms with Crippen LogP contribution in [0.5, 0.6) is 0 Å². The Morgan fingerprint density at radius 1 is 0.760 bits per heavy atom. The zero-order chi connectivity index (χ0) is 18.0. The van der Waals surface area contributed by atoms with E-state index in [1.54, 1.807) is 0 Å². The molecular formula is C22H38N2O. The van der Waals surface area contributed by atoms with Gasteiger partial charge in [-0.05, 0) is 29.3 Å². The molecule has 25 heavy (non-hydrogen) atoms. The molecule has 0 fully saturated rings. The van der Waals surface area contributed by atoms with Gasteiger partial charge in [0.05, 0.1) is 6.20 Å². The summed E-state index contributed by atoms with van der Waals surface area (Å²) in [6.45, 7) is 3.34. The molecule has 0 aliphatic carbocycles. The first-order valence-electron chi connectivity index (χ1n) is 10.5. The molecule has 0 N–H and O–H groups in total. The van der Waals surface area contributed by atoms with E-state index >= 15 is 0 Å². The van der Waals surface area contributed by atoms with Gasteiger partial charge < -0.3 is 4.90 Å². The molecule has 1 aliphatic heterocycles. The first-order valence-corrected chi connectivity index (χ1v) is 10.5. The molecule has 3 nitrogen and oxygen atoms in total. The fourth-order valence-corrected chi connectivity index (χ4v) is 3.25. The van der Waals surface area contributed by atoms with E-state index in [9.17, 15) is 4.91 Å². The molecule has 1 rings (SSSR count). The highest BCUT2D eigenvalue weighted by Crippen LogP contribution is 2.14. The van der Waals surface area contributed by atoms with Crippen molar-refractivity contribution in [3.63, 3.8) is 0 Å². The fraction of sp³-hybridized carbons (Fsp3) is 0.727. The highest BCUT2D eigenvalue weighted by atomic mass is 16.2. The second-order valence-corrected chi connectivity index (χ2v) is 7.20. The Labute approximate surface area is 155 Å². The van der Waals surface area contributed by atoms with Gasteiger partial charge in [-0.3, -0.25) is 0 Å². The summed E-state index contributed by atoms with van der Waals surface area (Å²) in [6.07, 6.45) is 28.8. The van der Waals surface area contributed by atoms with Crippen LogP contribution >= 0.6 is 0 Å². The molecule has 1 heterocycles. The summed E-state index contributed by atoms with van der Waals surface area (Å²) in [4.78, 5) is 12.3. The quantitative estimate of drug-likeness (QED) is 0.214. The molecule has 0 spiro atoms. The van der Waals surface area contributed by atoms with Gasteiger partial charge in [0.1, 0.15) is 0 Å².